The third-order valence-corrected chi connectivity index (χ3v) is 5.51. The van der Waals surface area contributed by atoms with Crippen molar-refractivity contribution in [3.63, 3.8) is 0 Å². The van der Waals surface area contributed by atoms with E-state index in [0.29, 0.717) is 25.5 Å². The number of hydrogen-bond donors (Lipinski definition) is 1. The summed E-state index contributed by atoms with van der Waals surface area (Å²) >= 11 is 0. The Morgan fingerprint density at radius 1 is 1.19 bits per heavy atom. The Morgan fingerprint density at radius 2 is 2.00 bits per heavy atom. The fourth-order valence-electron chi connectivity index (χ4n) is 3.92. The van der Waals surface area contributed by atoms with Crippen molar-refractivity contribution in [1.82, 2.24) is 15.4 Å². The van der Waals surface area contributed by atoms with E-state index in [1.54, 1.807) is 6.07 Å². The summed E-state index contributed by atoms with van der Waals surface area (Å²) in [6.07, 6.45) is 4.40. The molecule has 6 nitrogen and oxygen atoms in total. The third-order valence-electron chi connectivity index (χ3n) is 5.51. The van der Waals surface area contributed by atoms with Gasteiger partial charge in [0.1, 0.15) is 0 Å². The standard InChI is InChI=1S/C21H27N3O3/c25-21(22-18-8-11-26-15-18)20-13-19(27-23-20)14-24-9-6-17(7-10-24)12-16-4-2-1-3-5-16/h1-5,13,17-18H,6-12,14-15H2,(H,22,25). The average Bonchev–Trinajstić information content (AvgIpc) is 3.36. The molecule has 1 N–H and O–H groups in total. The van der Waals surface area contributed by atoms with E-state index in [4.69, 9.17) is 9.26 Å². The highest BCUT2D eigenvalue weighted by Crippen LogP contribution is 2.23. The van der Waals surface area contributed by atoms with E-state index in [2.05, 4.69) is 45.7 Å². The normalized spacial score (nSPS) is 21.4. The van der Waals surface area contributed by atoms with Gasteiger partial charge in [-0.25, -0.2) is 0 Å². The maximum absolute atomic E-state index is 12.2. The Hall–Kier alpha value is -2.18. The molecule has 1 aromatic carbocycles. The zero-order valence-electron chi connectivity index (χ0n) is 15.6. The molecule has 2 fully saturated rings. The molecule has 2 aliphatic rings. The lowest BCUT2D eigenvalue weighted by molar-refractivity contribution is 0.0920. The molecule has 0 radical (unpaired) electrons. The van der Waals surface area contributed by atoms with Gasteiger partial charge in [-0.05, 0) is 50.3 Å². The van der Waals surface area contributed by atoms with Crippen LogP contribution in [0.3, 0.4) is 0 Å². The summed E-state index contributed by atoms with van der Waals surface area (Å²) in [5.74, 6) is 1.32. The number of amides is 1. The Kier molecular flexibility index (Phi) is 5.84. The Labute approximate surface area is 159 Å². The predicted molar refractivity (Wildman–Crippen MR) is 101 cm³/mol. The second-order valence-electron chi connectivity index (χ2n) is 7.62. The maximum Gasteiger partial charge on any atom is 0.273 e. The topological polar surface area (TPSA) is 67.6 Å². The van der Waals surface area contributed by atoms with E-state index in [9.17, 15) is 4.79 Å². The quantitative estimate of drug-likeness (QED) is 0.848. The van der Waals surface area contributed by atoms with Gasteiger partial charge in [0.2, 0.25) is 0 Å². The first-order valence-electron chi connectivity index (χ1n) is 9.87. The van der Waals surface area contributed by atoms with Gasteiger partial charge in [0, 0.05) is 12.7 Å². The summed E-state index contributed by atoms with van der Waals surface area (Å²) in [4.78, 5) is 14.6. The number of aromatic nitrogens is 1. The maximum atomic E-state index is 12.2. The second kappa shape index (κ2) is 8.67. The minimum atomic E-state index is -0.179. The van der Waals surface area contributed by atoms with Crippen molar-refractivity contribution in [3.8, 4) is 0 Å². The van der Waals surface area contributed by atoms with Gasteiger partial charge >= 0.3 is 0 Å². The van der Waals surface area contributed by atoms with Gasteiger partial charge in [-0.1, -0.05) is 35.5 Å². The van der Waals surface area contributed by atoms with Gasteiger partial charge in [-0.15, -0.1) is 0 Å². The SMILES string of the molecule is O=C(NC1CCOC1)c1cc(CN2CCC(Cc3ccccc3)CC2)on1. The van der Waals surface area contributed by atoms with Crippen LogP contribution in [0, 0.1) is 5.92 Å². The monoisotopic (exact) mass is 369 g/mol. The van der Waals surface area contributed by atoms with Gasteiger partial charge in [0.05, 0.1) is 19.2 Å². The van der Waals surface area contributed by atoms with Crippen LogP contribution in [0.4, 0.5) is 0 Å². The van der Waals surface area contributed by atoms with Crippen molar-refractivity contribution in [2.45, 2.75) is 38.3 Å². The number of piperidine rings is 1. The number of ether oxygens (including phenoxy) is 1. The van der Waals surface area contributed by atoms with E-state index in [0.717, 1.165) is 37.6 Å². The van der Waals surface area contributed by atoms with Crippen LogP contribution in [0.2, 0.25) is 0 Å². The summed E-state index contributed by atoms with van der Waals surface area (Å²) in [6, 6.07) is 12.6. The largest absolute Gasteiger partial charge is 0.379 e. The molecule has 1 unspecified atom stereocenters. The lowest BCUT2D eigenvalue weighted by Gasteiger charge is -2.31. The van der Waals surface area contributed by atoms with Crippen molar-refractivity contribution >= 4 is 5.91 Å². The van der Waals surface area contributed by atoms with Crippen LogP contribution in [-0.4, -0.2) is 48.3 Å². The fourth-order valence-corrected chi connectivity index (χ4v) is 3.92. The van der Waals surface area contributed by atoms with E-state index in [1.165, 1.54) is 18.4 Å². The number of likely N-dealkylation sites (tertiary alicyclic amines) is 1. The summed E-state index contributed by atoms with van der Waals surface area (Å²) in [5.41, 5.74) is 1.78. The molecule has 1 aromatic heterocycles. The lowest BCUT2D eigenvalue weighted by Crippen LogP contribution is -2.35. The summed E-state index contributed by atoms with van der Waals surface area (Å²) < 4.78 is 10.7. The Balaban J connectivity index is 1.23. The van der Waals surface area contributed by atoms with Gasteiger partial charge < -0.3 is 14.6 Å². The minimum Gasteiger partial charge on any atom is -0.379 e. The zero-order chi connectivity index (χ0) is 18.5. The summed E-state index contributed by atoms with van der Waals surface area (Å²) in [7, 11) is 0. The summed E-state index contributed by atoms with van der Waals surface area (Å²) in [6.45, 7) is 4.10. The lowest BCUT2D eigenvalue weighted by atomic mass is 9.90. The van der Waals surface area contributed by atoms with Gasteiger partial charge in [-0.2, -0.15) is 0 Å². The zero-order valence-corrected chi connectivity index (χ0v) is 15.6. The number of nitrogens with zero attached hydrogens (tertiary/aromatic N) is 2. The minimum absolute atomic E-state index is 0.0845. The molecule has 0 spiro atoms. The van der Waals surface area contributed by atoms with Crippen LogP contribution in [0.1, 0.15) is 41.1 Å². The molecule has 0 aliphatic carbocycles. The smallest absolute Gasteiger partial charge is 0.273 e. The molecule has 6 heteroatoms. The van der Waals surface area contributed by atoms with Crippen molar-refractivity contribution in [3.05, 3.63) is 53.4 Å². The molecule has 2 aromatic rings. The molecule has 4 rings (SSSR count). The number of nitrogens with one attached hydrogen (secondary N) is 1. The highest BCUT2D eigenvalue weighted by Gasteiger charge is 2.23. The number of rotatable bonds is 6. The van der Waals surface area contributed by atoms with Crippen LogP contribution in [0.25, 0.3) is 0 Å². The van der Waals surface area contributed by atoms with Gasteiger partial charge in [-0.3, -0.25) is 9.69 Å². The number of carbonyl (C=O) groups is 1. The number of hydrogen-bond acceptors (Lipinski definition) is 5. The van der Waals surface area contributed by atoms with Crippen LogP contribution in [0.5, 0.6) is 0 Å². The average molecular weight is 369 g/mol. The van der Waals surface area contributed by atoms with Crippen molar-refractivity contribution < 1.29 is 14.1 Å². The molecular formula is C21H27N3O3. The molecule has 2 aliphatic heterocycles. The molecule has 2 saturated heterocycles. The predicted octanol–water partition coefficient (Wildman–Crippen LogP) is 2.65. The van der Waals surface area contributed by atoms with Crippen LogP contribution in [0.15, 0.2) is 40.9 Å². The third kappa shape index (κ3) is 4.96. The van der Waals surface area contributed by atoms with E-state index >= 15 is 0 Å². The van der Waals surface area contributed by atoms with E-state index < -0.39 is 0 Å². The Bertz CT molecular complexity index is 732. The fraction of sp³-hybridized carbons (Fsp3) is 0.524. The molecule has 27 heavy (non-hydrogen) atoms. The number of benzene rings is 1. The molecule has 144 valence electrons. The molecule has 1 atom stereocenters. The first kappa shape index (κ1) is 18.2. The second-order valence-corrected chi connectivity index (χ2v) is 7.62. The van der Waals surface area contributed by atoms with Crippen LogP contribution >= 0.6 is 0 Å². The van der Waals surface area contributed by atoms with Crippen molar-refractivity contribution in [2.75, 3.05) is 26.3 Å². The van der Waals surface area contributed by atoms with Crippen molar-refractivity contribution in [1.29, 1.82) is 0 Å². The first-order valence-corrected chi connectivity index (χ1v) is 9.87. The van der Waals surface area contributed by atoms with Gasteiger partial charge in [0.25, 0.3) is 5.91 Å². The van der Waals surface area contributed by atoms with E-state index in [1.807, 2.05) is 0 Å². The number of carbonyl (C=O) groups excluding carboxylic acids is 1. The van der Waals surface area contributed by atoms with Crippen molar-refractivity contribution in [2.24, 2.45) is 5.92 Å². The van der Waals surface area contributed by atoms with Crippen LogP contribution < -0.4 is 5.32 Å². The van der Waals surface area contributed by atoms with Gasteiger partial charge in [0.15, 0.2) is 11.5 Å². The molecule has 3 heterocycles. The highest BCUT2D eigenvalue weighted by atomic mass is 16.5. The molecular weight excluding hydrogens is 342 g/mol. The molecule has 0 saturated carbocycles. The summed E-state index contributed by atoms with van der Waals surface area (Å²) in [5, 5.41) is 6.88. The highest BCUT2D eigenvalue weighted by molar-refractivity contribution is 5.92. The van der Waals surface area contributed by atoms with E-state index in [-0.39, 0.29) is 11.9 Å². The Morgan fingerprint density at radius 3 is 2.74 bits per heavy atom. The molecule has 0 bridgehead atoms. The van der Waals surface area contributed by atoms with Crippen LogP contribution in [-0.2, 0) is 17.7 Å². The first-order chi connectivity index (χ1) is 13.3. The molecule has 1 amide bonds.